The van der Waals surface area contributed by atoms with Crippen molar-refractivity contribution in [3.8, 4) is 11.4 Å². The first-order valence-corrected chi connectivity index (χ1v) is 8.83. The summed E-state index contributed by atoms with van der Waals surface area (Å²) in [6.45, 7) is 4.07. The van der Waals surface area contributed by atoms with Crippen LogP contribution in [0.15, 0.2) is 48.5 Å². The molecule has 0 fully saturated rings. The molecule has 0 saturated heterocycles. The molecule has 0 spiro atoms. The topological polar surface area (TPSA) is 72.7 Å². The molecule has 1 N–H and O–H groups in total. The van der Waals surface area contributed by atoms with E-state index in [0.29, 0.717) is 16.4 Å². The Balaban J connectivity index is 1.66. The Labute approximate surface area is 157 Å². The lowest BCUT2D eigenvalue weighted by Crippen LogP contribution is -2.32. The number of carbonyl (C=O) groups excluding carboxylic acids is 1. The maximum Gasteiger partial charge on any atom is 0.244 e. The first kappa shape index (κ1) is 18.1. The standard InChI is InChI=1S/C19H20ClN5O/c1-3-17(14-10-8-13(2)9-11-14)21-18(26)12-25-23-19(22-24-25)15-6-4-5-7-16(15)20/h4-11,17H,3,12H2,1-2H3,(H,21,26)/t17-/m0/s1. The molecule has 0 unspecified atom stereocenters. The van der Waals surface area contributed by atoms with E-state index in [1.54, 1.807) is 6.07 Å². The Kier molecular flexibility index (Phi) is 5.63. The van der Waals surface area contributed by atoms with Gasteiger partial charge >= 0.3 is 0 Å². The molecular formula is C19H20ClN5O. The second-order valence-electron chi connectivity index (χ2n) is 6.06. The van der Waals surface area contributed by atoms with Gasteiger partial charge in [-0.15, -0.1) is 10.2 Å². The average molecular weight is 370 g/mol. The minimum absolute atomic E-state index is 0.000185. The summed E-state index contributed by atoms with van der Waals surface area (Å²) in [7, 11) is 0. The number of aryl methyl sites for hydroxylation is 1. The van der Waals surface area contributed by atoms with Crippen molar-refractivity contribution in [2.24, 2.45) is 0 Å². The summed E-state index contributed by atoms with van der Waals surface area (Å²) in [5, 5.41) is 15.7. The number of amides is 1. The fourth-order valence-corrected chi connectivity index (χ4v) is 2.87. The van der Waals surface area contributed by atoms with Gasteiger partial charge in [-0.05, 0) is 36.3 Å². The number of aromatic nitrogens is 4. The molecule has 0 saturated carbocycles. The first-order valence-electron chi connectivity index (χ1n) is 8.45. The van der Waals surface area contributed by atoms with E-state index in [4.69, 9.17) is 11.6 Å². The highest BCUT2D eigenvalue weighted by atomic mass is 35.5. The van der Waals surface area contributed by atoms with Gasteiger partial charge in [0.15, 0.2) is 0 Å². The minimum Gasteiger partial charge on any atom is -0.348 e. The molecule has 1 amide bonds. The maximum absolute atomic E-state index is 12.4. The molecule has 2 aromatic carbocycles. The number of benzene rings is 2. The van der Waals surface area contributed by atoms with Crippen molar-refractivity contribution in [3.05, 3.63) is 64.7 Å². The molecule has 3 rings (SSSR count). The van der Waals surface area contributed by atoms with Crippen molar-refractivity contribution >= 4 is 17.5 Å². The zero-order chi connectivity index (χ0) is 18.5. The lowest BCUT2D eigenvalue weighted by molar-refractivity contribution is -0.122. The summed E-state index contributed by atoms with van der Waals surface area (Å²) >= 11 is 6.14. The predicted molar refractivity (Wildman–Crippen MR) is 101 cm³/mol. The molecule has 0 aliphatic rings. The molecule has 26 heavy (non-hydrogen) atoms. The monoisotopic (exact) mass is 369 g/mol. The van der Waals surface area contributed by atoms with E-state index in [0.717, 1.165) is 12.0 Å². The summed E-state index contributed by atoms with van der Waals surface area (Å²) in [6, 6.07) is 15.4. The van der Waals surface area contributed by atoms with Crippen molar-refractivity contribution < 1.29 is 4.79 Å². The van der Waals surface area contributed by atoms with Gasteiger partial charge in [0.2, 0.25) is 11.7 Å². The van der Waals surface area contributed by atoms with E-state index >= 15 is 0 Å². The Morgan fingerprint density at radius 1 is 1.19 bits per heavy atom. The molecule has 0 radical (unpaired) electrons. The van der Waals surface area contributed by atoms with Gasteiger partial charge in [-0.1, -0.05) is 60.5 Å². The number of carbonyl (C=O) groups is 1. The largest absolute Gasteiger partial charge is 0.348 e. The molecule has 0 bridgehead atoms. The van der Waals surface area contributed by atoms with Gasteiger partial charge in [-0.2, -0.15) is 4.80 Å². The van der Waals surface area contributed by atoms with Gasteiger partial charge in [0.1, 0.15) is 6.54 Å². The SMILES string of the molecule is CC[C@H](NC(=O)Cn1nnc(-c2ccccc2Cl)n1)c1ccc(C)cc1. The second-order valence-corrected chi connectivity index (χ2v) is 6.47. The van der Waals surface area contributed by atoms with Crippen LogP contribution in [0.3, 0.4) is 0 Å². The number of nitrogens with zero attached hydrogens (tertiary/aromatic N) is 4. The van der Waals surface area contributed by atoms with E-state index in [2.05, 4.69) is 20.7 Å². The zero-order valence-corrected chi connectivity index (χ0v) is 15.4. The van der Waals surface area contributed by atoms with Crippen molar-refractivity contribution in [3.63, 3.8) is 0 Å². The third-order valence-electron chi connectivity index (χ3n) is 4.08. The van der Waals surface area contributed by atoms with Crippen LogP contribution in [0.2, 0.25) is 5.02 Å². The van der Waals surface area contributed by atoms with Crippen molar-refractivity contribution in [2.45, 2.75) is 32.9 Å². The summed E-state index contributed by atoms with van der Waals surface area (Å²) in [4.78, 5) is 13.6. The highest BCUT2D eigenvalue weighted by Crippen LogP contribution is 2.23. The summed E-state index contributed by atoms with van der Waals surface area (Å²) in [5.41, 5.74) is 2.95. The van der Waals surface area contributed by atoms with Gasteiger partial charge < -0.3 is 5.32 Å². The Bertz CT molecular complexity index is 891. The highest BCUT2D eigenvalue weighted by Gasteiger charge is 2.15. The van der Waals surface area contributed by atoms with Gasteiger partial charge in [0, 0.05) is 5.56 Å². The van der Waals surface area contributed by atoms with Crippen LogP contribution in [0.4, 0.5) is 0 Å². The van der Waals surface area contributed by atoms with E-state index in [1.165, 1.54) is 10.4 Å². The average Bonchev–Trinajstić information content (AvgIpc) is 3.09. The molecule has 1 atom stereocenters. The third kappa shape index (κ3) is 4.26. The number of tetrazole rings is 1. The first-order chi connectivity index (χ1) is 12.6. The van der Waals surface area contributed by atoms with Crippen LogP contribution in [0, 0.1) is 6.92 Å². The van der Waals surface area contributed by atoms with Crippen LogP contribution >= 0.6 is 11.6 Å². The lowest BCUT2D eigenvalue weighted by atomic mass is 10.0. The van der Waals surface area contributed by atoms with Crippen molar-refractivity contribution in [1.29, 1.82) is 0 Å². The summed E-state index contributed by atoms with van der Waals surface area (Å²) in [6.07, 6.45) is 0.796. The quantitative estimate of drug-likeness (QED) is 0.720. The summed E-state index contributed by atoms with van der Waals surface area (Å²) in [5.74, 6) is 0.231. The number of hydrogen-bond acceptors (Lipinski definition) is 4. The van der Waals surface area contributed by atoms with Gasteiger partial charge in [0.25, 0.3) is 0 Å². The summed E-state index contributed by atoms with van der Waals surface area (Å²) < 4.78 is 0. The molecule has 7 heteroatoms. The van der Waals surface area contributed by atoms with Crippen LogP contribution in [0.1, 0.15) is 30.5 Å². The van der Waals surface area contributed by atoms with Crippen molar-refractivity contribution in [2.75, 3.05) is 0 Å². The lowest BCUT2D eigenvalue weighted by Gasteiger charge is -2.17. The molecule has 134 valence electrons. The van der Waals surface area contributed by atoms with Crippen LogP contribution in [-0.2, 0) is 11.3 Å². The van der Waals surface area contributed by atoms with Crippen LogP contribution in [-0.4, -0.2) is 26.1 Å². The number of halogens is 1. The number of hydrogen-bond donors (Lipinski definition) is 1. The Morgan fingerprint density at radius 3 is 2.62 bits per heavy atom. The zero-order valence-electron chi connectivity index (χ0n) is 14.7. The fraction of sp³-hybridized carbons (Fsp3) is 0.263. The van der Waals surface area contributed by atoms with Crippen LogP contribution in [0.5, 0.6) is 0 Å². The van der Waals surface area contributed by atoms with E-state index in [1.807, 2.05) is 56.3 Å². The molecule has 0 aliphatic carbocycles. The van der Waals surface area contributed by atoms with Gasteiger partial charge in [0.05, 0.1) is 11.1 Å². The van der Waals surface area contributed by atoms with Crippen LogP contribution in [0.25, 0.3) is 11.4 Å². The molecular weight excluding hydrogens is 350 g/mol. The molecule has 6 nitrogen and oxygen atoms in total. The Hall–Kier alpha value is -2.73. The molecule has 1 aromatic heterocycles. The van der Waals surface area contributed by atoms with Gasteiger partial charge in [-0.3, -0.25) is 4.79 Å². The number of rotatable bonds is 6. The minimum atomic E-state index is -0.166. The van der Waals surface area contributed by atoms with E-state index in [-0.39, 0.29) is 18.5 Å². The Morgan fingerprint density at radius 2 is 1.92 bits per heavy atom. The van der Waals surface area contributed by atoms with Gasteiger partial charge in [-0.25, -0.2) is 0 Å². The van der Waals surface area contributed by atoms with E-state index in [9.17, 15) is 4.79 Å². The smallest absolute Gasteiger partial charge is 0.244 e. The van der Waals surface area contributed by atoms with Crippen LogP contribution < -0.4 is 5.32 Å². The van der Waals surface area contributed by atoms with E-state index < -0.39 is 0 Å². The molecule has 1 heterocycles. The maximum atomic E-state index is 12.4. The fourth-order valence-electron chi connectivity index (χ4n) is 2.65. The predicted octanol–water partition coefficient (Wildman–Crippen LogP) is 3.57. The highest BCUT2D eigenvalue weighted by molar-refractivity contribution is 6.33. The van der Waals surface area contributed by atoms with Crippen molar-refractivity contribution in [1.82, 2.24) is 25.5 Å². The molecule has 3 aromatic rings. The molecule has 0 aliphatic heterocycles. The third-order valence-corrected chi connectivity index (χ3v) is 4.41. The number of nitrogens with one attached hydrogen (secondary N) is 1. The second kappa shape index (κ2) is 8.10. The normalized spacial score (nSPS) is 12.0.